The normalized spacial score (nSPS) is 12.0. The summed E-state index contributed by atoms with van der Waals surface area (Å²) in [5.74, 6) is 0. The van der Waals surface area contributed by atoms with Gasteiger partial charge in [0, 0.05) is 6.26 Å². The number of halogens is 3. The highest BCUT2D eigenvalue weighted by molar-refractivity contribution is 7.90. The molecule has 0 fully saturated rings. The highest BCUT2D eigenvalue weighted by atomic mass is 32.2. The molecule has 0 spiro atoms. The molecular weight excluding hydrogens is 259 g/mol. The predicted molar refractivity (Wildman–Crippen MR) is 52.3 cm³/mol. The summed E-state index contributed by atoms with van der Waals surface area (Å²) in [6, 6.07) is 2.19. The molecule has 0 bridgehead atoms. The van der Waals surface area contributed by atoms with Crippen molar-refractivity contribution in [3.05, 3.63) is 23.8 Å². The van der Waals surface area contributed by atoms with E-state index in [0.29, 0.717) is 6.07 Å². The molecule has 0 N–H and O–H groups in total. The minimum atomic E-state index is -4.80. The smallest absolute Gasteiger partial charge is 0.224 e. The third-order valence-electron chi connectivity index (χ3n) is 1.87. The highest BCUT2D eigenvalue weighted by Gasteiger charge is 2.34. The number of hydrogen-bond acceptors (Lipinski definition) is 4. The maximum Gasteiger partial charge on any atom is 0.418 e. The van der Waals surface area contributed by atoms with Crippen molar-refractivity contribution in [2.75, 3.05) is 6.26 Å². The second-order valence-corrected chi connectivity index (χ2v) is 5.17. The number of sulfone groups is 1. The number of aliphatic imine (C=N–C) groups is 1. The van der Waals surface area contributed by atoms with E-state index in [-0.39, 0.29) is 0 Å². The SMILES string of the molecule is CS(=O)(=O)c1ccc(N=C=O)c(C(F)(F)F)c1. The Morgan fingerprint density at radius 1 is 1.29 bits per heavy atom. The van der Waals surface area contributed by atoms with E-state index in [1.165, 1.54) is 0 Å². The standard InChI is InChI=1S/C9H6F3NO3S/c1-17(15,16)6-2-3-8(13-5-14)7(4-6)9(10,11)12/h2-4H,1H3. The number of alkyl halides is 3. The van der Waals surface area contributed by atoms with Gasteiger partial charge >= 0.3 is 6.18 Å². The van der Waals surface area contributed by atoms with Crippen LogP contribution in [0.5, 0.6) is 0 Å². The third kappa shape index (κ3) is 3.15. The molecule has 0 heterocycles. The van der Waals surface area contributed by atoms with Crippen molar-refractivity contribution in [1.82, 2.24) is 0 Å². The molecule has 4 nitrogen and oxygen atoms in total. The Hall–Kier alpha value is -1.66. The van der Waals surface area contributed by atoms with Gasteiger partial charge in [-0.1, -0.05) is 0 Å². The third-order valence-corrected chi connectivity index (χ3v) is 2.98. The molecule has 0 aromatic heterocycles. The fourth-order valence-electron chi connectivity index (χ4n) is 1.12. The van der Waals surface area contributed by atoms with E-state index in [1.54, 1.807) is 0 Å². The summed E-state index contributed by atoms with van der Waals surface area (Å²) >= 11 is 0. The summed E-state index contributed by atoms with van der Waals surface area (Å²) < 4.78 is 59.9. The second kappa shape index (κ2) is 4.31. The maximum atomic E-state index is 12.6. The van der Waals surface area contributed by atoms with Crippen molar-refractivity contribution < 1.29 is 26.4 Å². The quantitative estimate of drug-likeness (QED) is 0.607. The zero-order valence-electron chi connectivity index (χ0n) is 8.45. The lowest BCUT2D eigenvalue weighted by molar-refractivity contribution is -0.137. The van der Waals surface area contributed by atoms with Gasteiger partial charge in [-0.05, 0) is 18.2 Å². The van der Waals surface area contributed by atoms with Crippen molar-refractivity contribution in [3.8, 4) is 0 Å². The van der Waals surface area contributed by atoms with Crippen LogP contribution in [-0.4, -0.2) is 20.8 Å². The van der Waals surface area contributed by atoms with Crippen LogP contribution < -0.4 is 0 Å². The second-order valence-electron chi connectivity index (χ2n) is 3.15. The monoisotopic (exact) mass is 265 g/mol. The molecule has 1 aromatic rings. The van der Waals surface area contributed by atoms with Crippen molar-refractivity contribution in [2.45, 2.75) is 11.1 Å². The van der Waals surface area contributed by atoms with Gasteiger partial charge in [0.2, 0.25) is 6.08 Å². The van der Waals surface area contributed by atoms with Gasteiger partial charge in [-0.3, -0.25) is 0 Å². The first-order valence-corrected chi connectivity index (χ1v) is 6.04. The number of nitrogens with zero attached hydrogens (tertiary/aromatic N) is 1. The minimum absolute atomic E-state index is 0.436. The summed E-state index contributed by atoms with van der Waals surface area (Å²) in [7, 11) is -3.76. The Labute approximate surface area is 94.7 Å². The average Bonchev–Trinajstić information content (AvgIpc) is 2.15. The molecule has 0 aliphatic rings. The topological polar surface area (TPSA) is 63.6 Å². The first-order chi connectivity index (χ1) is 7.66. The Morgan fingerprint density at radius 3 is 2.29 bits per heavy atom. The van der Waals surface area contributed by atoms with Gasteiger partial charge in [-0.25, -0.2) is 13.2 Å². The molecule has 0 amide bonds. The predicted octanol–water partition coefficient (Wildman–Crippen LogP) is 2.08. The number of rotatable bonds is 2. The van der Waals surface area contributed by atoms with Gasteiger partial charge in [0.1, 0.15) is 0 Å². The first-order valence-electron chi connectivity index (χ1n) is 4.15. The van der Waals surface area contributed by atoms with E-state index in [4.69, 9.17) is 0 Å². The molecule has 1 rings (SSSR count). The van der Waals surface area contributed by atoms with Crippen molar-refractivity contribution in [1.29, 1.82) is 0 Å². The summed E-state index contributed by atoms with van der Waals surface area (Å²) in [6.45, 7) is 0. The number of hydrogen-bond donors (Lipinski definition) is 0. The number of carbonyl (C=O) groups excluding carboxylic acids is 1. The average molecular weight is 265 g/mol. The van der Waals surface area contributed by atoms with Gasteiger partial charge in [-0.15, -0.1) is 0 Å². The minimum Gasteiger partial charge on any atom is -0.224 e. The van der Waals surface area contributed by atoms with Crippen LogP contribution in [-0.2, 0) is 20.8 Å². The van der Waals surface area contributed by atoms with E-state index in [9.17, 15) is 26.4 Å². The molecule has 1 aromatic carbocycles. The van der Waals surface area contributed by atoms with Crippen molar-refractivity contribution in [3.63, 3.8) is 0 Å². The lowest BCUT2D eigenvalue weighted by Crippen LogP contribution is -2.07. The molecule has 0 saturated carbocycles. The van der Waals surface area contributed by atoms with Crippen LogP contribution >= 0.6 is 0 Å². The van der Waals surface area contributed by atoms with Crippen LogP contribution in [0.2, 0.25) is 0 Å². The maximum absolute atomic E-state index is 12.6. The van der Waals surface area contributed by atoms with Gasteiger partial charge in [-0.2, -0.15) is 18.2 Å². The zero-order chi connectivity index (χ0) is 13.3. The summed E-state index contributed by atoms with van der Waals surface area (Å²) in [4.78, 5) is 12.3. The fourth-order valence-corrected chi connectivity index (χ4v) is 1.77. The first kappa shape index (κ1) is 13.4. The Bertz CT molecular complexity index is 586. The van der Waals surface area contributed by atoms with E-state index >= 15 is 0 Å². The molecule has 0 aliphatic heterocycles. The van der Waals surface area contributed by atoms with Crippen LogP contribution in [0.15, 0.2) is 28.1 Å². The van der Waals surface area contributed by atoms with Crippen molar-refractivity contribution in [2.24, 2.45) is 4.99 Å². The van der Waals surface area contributed by atoms with Gasteiger partial charge < -0.3 is 0 Å². The van der Waals surface area contributed by atoms with E-state index in [0.717, 1.165) is 24.5 Å². The van der Waals surface area contributed by atoms with Crippen LogP contribution in [0.1, 0.15) is 5.56 Å². The molecule has 92 valence electrons. The largest absolute Gasteiger partial charge is 0.418 e. The van der Waals surface area contributed by atoms with E-state index < -0.39 is 32.2 Å². The molecule has 17 heavy (non-hydrogen) atoms. The highest BCUT2D eigenvalue weighted by Crippen LogP contribution is 2.37. The Balaban J connectivity index is 3.56. The molecule has 0 aliphatic carbocycles. The van der Waals surface area contributed by atoms with E-state index in [2.05, 4.69) is 4.99 Å². The summed E-state index contributed by atoms with van der Waals surface area (Å²) in [5.41, 5.74) is -1.95. The van der Waals surface area contributed by atoms with Crippen molar-refractivity contribution >= 4 is 21.6 Å². The summed E-state index contributed by atoms with van der Waals surface area (Å²) in [6.07, 6.45) is -3.03. The van der Waals surface area contributed by atoms with Crippen LogP contribution in [0.25, 0.3) is 0 Å². The Morgan fingerprint density at radius 2 is 1.88 bits per heavy atom. The summed E-state index contributed by atoms with van der Waals surface area (Å²) in [5, 5.41) is 0. The molecule has 0 unspecified atom stereocenters. The lowest BCUT2D eigenvalue weighted by atomic mass is 10.2. The molecule has 0 saturated heterocycles. The molecule has 0 radical (unpaired) electrons. The number of isocyanates is 1. The zero-order valence-corrected chi connectivity index (χ0v) is 9.26. The van der Waals surface area contributed by atoms with Crippen LogP contribution in [0.4, 0.5) is 18.9 Å². The molecular formula is C9H6F3NO3S. The van der Waals surface area contributed by atoms with E-state index in [1.807, 2.05) is 0 Å². The van der Waals surface area contributed by atoms with Gasteiger partial charge in [0.05, 0.1) is 16.1 Å². The number of benzene rings is 1. The van der Waals surface area contributed by atoms with Gasteiger partial charge in [0.15, 0.2) is 9.84 Å². The lowest BCUT2D eigenvalue weighted by Gasteiger charge is -2.10. The molecule has 0 atom stereocenters. The fraction of sp³-hybridized carbons (Fsp3) is 0.222. The Kier molecular flexibility index (Phi) is 3.40. The van der Waals surface area contributed by atoms with Crippen LogP contribution in [0.3, 0.4) is 0 Å². The molecule has 8 heteroatoms. The van der Waals surface area contributed by atoms with Crippen LogP contribution in [0, 0.1) is 0 Å². The van der Waals surface area contributed by atoms with Gasteiger partial charge in [0.25, 0.3) is 0 Å².